The van der Waals surface area contributed by atoms with Gasteiger partial charge in [0.05, 0.1) is 12.2 Å². The SMILES string of the molecule is CCCCCCCCCCCCCCCCCCOC(=O)C(C)Oc1ccc(Oc2ccc(C(F)(F)F)cn2)cc1. The number of benzene rings is 1. The molecule has 0 saturated heterocycles. The number of esters is 1. The van der Waals surface area contributed by atoms with Crippen molar-refractivity contribution < 1.29 is 32.2 Å². The summed E-state index contributed by atoms with van der Waals surface area (Å²) in [6.07, 6.45) is 16.2. The van der Waals surface area contributed by atoms with Crippen LogP contribution in [0.1, 0.15) is 122 Å². The Bertz CT molecular complexity index is 948. The molecule has 0 saturated carbocycles. The normalized spacial score (nSPS) is 12.2. The molecule has 0 amide bonds. The summed E-state index contributed by atoms with van der Waals surface area (Å²) in [7, 11) is 0. The fourth-order valence-corrected chi connectivity index (χ4v) is 4.51. The minimum absolute atomic E-state index is 0.0395. The molecular weight excluding hydrogens is 531 g/mol. The largest absolute Gasteiger partial charge is 0.479 e. The second kappa shape index (κ2) is 20.2. The molecule has 0 radical (unpaired) electrons. The second-order valence-corrected chi connectivity index (χ2v) is 10.7. The number of carbonyl (C=O) groups excluding carboxylic acids is 1. The van der Waals surface area contributed by atoms with Gasteiger partial charge in [0.25, 0.3) is 0 Å². The molecule has 0 fully saturated rings. The molecule has 1 unspecified atom stereocenters. The van der Waals surface area contributed by atoms with Crippen LogP contribution in [0.5, 0.6) is 17.4 Å². The predicted octanol–water partition coefficient (Wildman–Crippen LogP) is 10.5. The van der Waals surface area contributed by atoms with Crippen molar-refractivity contribution in [1.82, 2.24) is 4.98 Å². The Morgan fingerprint density at radius 2 is 1.22 bits per heavy atom. The molecule has 0 N–H and O–H groups in total. The van der Waals surface area contributed by atoms with E-state index in [0.717, 1.165) is 37.6 Å². The van der Waals surface area contributed by atoms with Crippen molar-refractivity contribution in [3.05, 3.63) is 48.2 Å². The zero-order chi connectivity index (χ0) is 29.8. The van der Waals surface area contributed by atoms with Gasteiger partial charge in [-0.1, -0.05) is 103 Å². The molecule has 1 heterocycles. The number of alkyl halides is 3. The van der Waals surface area contributed by atoms with Gasteiger partial charge in [-0.15, -0.1) is 0 Å². The maximum atomic E-state index is 12.7. The third kappa shape index (κ3) is 15.7. The van der Waals surface area contributed by atoms with Gasteiger partial charge in [0.15, 0.2) is 6.10 Å². The Morgan fingerprint density at radius 3 is 1.68 bits per heavy atom. The zero-order valence-corrected chi connectivity index (χ0v) is 24.9. The number of halogens is 3. The van der Waals surface area contributed by atoms with Gasteiger partial charge in [0, 0.05) is 12.3 Å². The second-order valence-electron chi connectivity index (χ2n) is 10.7. The maximum absolute atomic E-state index is 12.7. The highest BCUT2D eigenvalue weighted by atomic mass is 19.4. The van der Waals surface area contributed by atoms with Crippen LogP contribution in [0.2, 0.25) is 0 Å². The average molecular weight is 580 g/mol. The van der Waals surface area contributed by atoms with E-state index < -0.39 is 23.8 Å². The Balaban J connectivity index is 1.47. The van der Waals surface area contributed by atoms with Gasteiger partial charge in [-0.25, -0.2) is 9.78 Å². The first-order chi connectivity index (χ1) is 19.8. The highest BCUT2D eigenvalue weighted by Crippen LogP contribution is 2.30. The van der Waals surface area contributed by atoms with Gasteiger partial charge in [-0.05, 0) is 43.7 Å². The molecule has 41 heavy (non-hydrogen) atoms. The van der Waals surface area contributed by atoms with Gasteiger partial charge < -0.3 is 14.2 Å². The van der Waals surface area contributed by atoms with Crippen LogP contribution < -0.4 is 9.47 Å². The highest BCUT2D eigenvalue weighted by molar-refractivity contribution is 5.74. The van der Waals surface area contributed by atoms with Crippen LogP contribution in [-0.2, 0) is 15.7 Å². The molecule has 2 rings (SSSR count). The fraction of sp³-hybridized carbons (Fsp3) is 0.636. The lowest BCUT2D eigenvalue weighted by molar-refractivity contribution is -0.151. The molecule has 0 spiro atoms. The van der Waals surface area contributed by atoms with Crippen LogP contribution >= 0.6 is 0 Å². The van der Waals surface area contributed by atoms with Crippen LogP contribution in [0.15, 0.2) is 42.6 Å². The quantitative estimate of drug-likeness (QED) is 0.103. The van der Waals surface area contributed by atoms with Gasteiger partial charge in [-0.2, -0.15) is 13.2 Å². The lowest BCUT2D eigenvalue weighted by atomic mass is 10.0. The average Bonchev–Trinajstić information content (AvgIpc) is 2.95. The third-order valence-electron chi connectivity index (χ3n) is 7.00. The number of nitrogens with zero attached hydrogens (tertiary/aromatic N) is 1. The van der Waals surface area contributed by atoms with Crippen molar-refractivity contribution in [2.45, 2.75) is 129 Å². The molecular formula is C33H48F3NO4. The van der Waals surface area contributed by atoms with Crippen molar-refractivity contribution in [1.29, 1.82) is 0 Å². The Morgan fingerprint density at radius 1 is 0.732 bits per heavy atom. The molecule has 230 valence electrons. The number of hydrogen-bond donors (Lipinski definition) is 0. The van der Waals surface area contributed by atoms with Crippen molar-refractivity contribution in [2.24, 2.45) is 0 Å². The lowest BCUT2D eigenvalue weighted by Gasteiger charge is -2.14. The molecule has 0 bridgehead atoms. The molecule has 1 atom stereocenters. The Labute approximate surface area is 244 Å². The maximum Gasteiger partial charge on any atom is 0.417 e. The van der Waals surface area contributed by atoms with Crippen LogP contribution in [0.4, 0.5) is 13.2 Å². The lowest BCUT2D eigenvalue weighted by Crippen LogP contribution is -2.26. The monoisotopic (exact) mass is 579 g/mol. The van der Waals surface area contributed by atoms with E-state index in [1.54, 1.807) is 31.2 Å². The topological polar surface area (TPSA) is 57.7 Å². The summed E-state index contributed by atoms with van der Waals surface area (Å²) in [5.74, 6) is 0.450. The minimum atomic E-state index is -4.45. The van der Waals surface area contributed by atoms with E-state index in [-0.39, 0.29) is 5.88 Å². The predicted molar refractivity (Wildman–Crippen MR) is 156 cm³/mol. The molecule has 2 aromatic rings. The van der Waals surface area contributed by atoms with Gasteiger partial charge in [0.2, 0.25) is 5.88 Å². The van der Waals surface area contributed by atoms with E-state index in [1.807, 2.05) is 0 Å². The smallest absolute Gasteiger partial charge is 0.417 e. The summed E-state index contributed by atoms with van der Waals surface area (Å²) in [6, 6.07) is 8.46. The third-order valence-corrected chi connectivity index (χ3v) is 7.00. The number of ether oxygens (including phenoxy) is 3. The minimum Gasteiger partial charge on any atom is -0.479 e. The van der Waals surface area contributed by atoms with E-state index >= 15 is 0 Å². The van der Waals surface area contributed by atoms with Crippen LogP contribution in [-0.4, -0.2) is 23.7 Å². The zero-order valence-electron chi connectivity index (χ0n) is 24.9. The van der Waals surface area contributed by atoms with E-state index in [0.29, 0.717) is 18.1 Å². The summed E-state index contributed by atoms with van der Waals surface area (Å²) < 4.78 is 54.4. The van der Waals surface area contributed by atoms with E-state index in [9.17, 15) is 18.0 Å². The molecule has 5 nitrogen and oxygen atoms in total. The van der Waals surface area contributed by atoms with Crippen molar-refractivity contribution >= 4 is 5.97 Å². The van der Waals surface area contributed by atoms with Crippen LogP contribution in [0, 0.1) is 0 Å². The van der Waals surface area contributed by atoms with E-state index in [2.05, 4.69) is 11.9 Å². The molecule has 0 aliphatic rings. The standard InChI is InChI=1S/C33H48F3NO4/c1-3-4-5-6-7-8-9-10-11-12-13-14-15-16-17-18-25-39-32(38)27(2)40-29-20-22-30(23-21-29)41-31-24-19-28(26-37-31)33(34,35)36/h19-24,26-27H,3-18,25H2,1-2H3. The van der Waals surface area contributed by atoms with E-state index in [1.165, 1.54) is 83.5 Å². The van der Waals surface area contributed by atoms with Crippen LogP contribution in [0.3, 0.4) is 0 Å². The van der Waals surface area contributed by atoms with Crippen LogP contribution in [0.25, 0.3) is 0 Å². The number of carbonyl (C=O) groups is 1. The van der Waals surface area contributed by atoms with Crippen molar-refractivity contribution in [2.75, 3.05) is 6.61 Å². The first-order valence-corrected chi connectivity index (χ1v) is 15.4. The first-order valence-electron chi connectivity index (χ1n) is 15.4. The summed E-state index contributed by atoms with van der Waals surface area (Å²) in [5.41, 5.74) is -0.843. The summed E-state index contributed by atoms with van der Waals surface area (Å²) in [5, 5.41) is 0. The number of rotatable bonds is 22. The van der Waals surface area contributed by atoms with Crippen molar-refractivity contribution in [3.8, 4) is 17.4 Å². The Kier molecular flexibility index (Phi) is 16.9. The molecule has 1 aromatic heterocycles. The molecule has 8 heteroatoms. The first kappa shape index (κ1) is 34.4. The van der Waals surface area contributed by atoms with Crippen molar-refractivity contribution in [3.63, 3.8) is 0 Å². The number of pyridine rings is 1. The molecule has 0 aliphatic carbocycles. The Hall–Kier alpha value is -2.77. The van der Waals surface area contributed by atoms with E-state index in [4.69, 9.17) is 14.2 Å². The number of hydrogen-bond acceptors (Lipinski definition) is 5. The molecule has 0 aliphatic heterocycles. The number of aromatic nitrogens is 1. The highest BCUT2D eigenvalue weighted by Gasteiger charge is 2.30. The van der Waals surface area contributed by atoms with Gasteiger partial charge >= 0.3 is 12.1 Å². The summed E-state index contributed by atoms with van der Waals surface area (Å²) in [4.78, 5) is 15.9. The number of unbranched alkanes of at least 4 members (excludes halogenated alkanes) is 15. The van der Waals surface area contributed by atoms with Gasteiger partial charge in [-0.3, -0.25) is 0 Å². The summed E-state index contributed by atoms with van der Waals surface area (Å²) >= 11 is 0. The summed E-state index contributed by atoms with van der Waals surface area (Å²) in [6.45, 7) is 4.28. The fourth-order valence-electron chi connectivity index (χ4n) is 4.51. The molecule has 1 aromatic carbocycles. The van der Waals surface area contributed by atoms with Gasteiger partial charge in [0.1, 0.15) is 11.5 Å².